The largest absolute Gasteiger partial charge is 0.374 e. The number of rotatable bonds is 3. The van der Waals surface area contributed by atoms with Crippen LogP contribution >= 0.6 is 0 Å². The normalized spacial score (nSPS) is 17.5. The van der Waals surface area contributed by atoms with E-state index in [1.165, 1.54) is 36.8 Å². The number of benzene rings is 1. The Bertz CT molecular complexity index is 287. The second-order valence-corrected chi connectivity index (χ2v) is 4.14. The molecule has 1 saturated carbocycles. The Balaban J connectivity index is 1.88. The number of aryl methyl sites for hydroxylation is 1. The Hall–Kier alpha value is -0.820. The van der Waals surface area contributed by atoms with E-state index in [2.05, 4.69) is 31.2 Å². The quantitative estimate of drug-likeness (QED) is 0.709. The summed E-state index contributed by atoms with van der Waals surface area (Å²) >= 11 is 0. The Morgan fingerprint density at radius 1 is 1.21 bits per heavy atom. The lowest BCUT2D eigenvalue weighted by Crippen LogP contribution is -2.07. The first-order valence-electron chi connectivity index (χ1n) is 5.52. The van der Waals surface area contributed by atoms with E-state index >= 15 is 0 Å². The van der Waals surface area contributed by atoms with Crippen molar-refractivity contribution in [3.8, 4) is 0 Å². The summed E-state index contributed by atoms with van der Waals surface area (Å²) in [5.41, 5.74) is 2.67. The van der Waals surface area contributed by atoms with Crippen LogP contribution in [0.4, 0.5) is 0 Å². The van der Waals surface area contributed by atoms with Gasteiger partial charge in [-0.1, -0.05) is 37.1 Å². The molecule has 0 heterocycles. The number of ether oxygens (including phenoxy) is 1. The molecule has 0 saturated heterocycles. The molecular weight excluding hydrogens is 172 g/mol. The summed E-state index contributed by atoms with van der Waals surface area (Å²) in [6, 6.07) is 8.46. The average Bonchev–Trinajstić information content (AvgIpc) is 2.69. The van der Waals surface area contributed by atoms with Gasteiger partial charge < -0.3 is 4.74 Å². The van der Waals surface area contributed by atoms with Gasteiger partial charge in [-0.25, -0.2) is 0 Å². The molecule has 1 aromatic carbocycles. The first-order chi connectivity index (χ1) is 6.86. The van der Waals surface area contributed by atoms with Crippen LogP contribution in [-0.4, -0.2) is 6.10 Å². The molecule has 1 aromatic rings. The second-order valence-electron chi connectivity index (χ2n) is 4.14. The highest BCUT2D eigenvalue weighted by Crippen LogP contribution is 2.22. The molecule has 1 nitrogen and oxygen atoms in total. The third kappa shape index (κ3) is 2.36. The van der Waals surface area contributed by atoms with E-state index in [4.69, 9.17) is 4.74 Å². The molecule has 1 aliphatic rings. The maximum atomic E-state index is 5.87. The molecule has 0 spiro atoms. The molecule has 0 amide bonds. The fourth-order valence-corrected chi connectivity index (χ4v) is 2.03. The Labute approximate surface area is 86.1 Å². The lowest BCUT2D eigenvalue weighted by Gasteiger charge is -2.12. The zero-order valence-electron chi connectivity index (χ0n) is 8.83. The summed E-state index contributed by atoms with van der Waals surface area (Å²) in [7, 11) is 0. The van der Waals surface area contributed by atoms with E-state index in [9.17, 15) is 0 Å². The van der Waals surface area contributed by atoms with Crippen LogP contribution in [0.3, 0.4) is 0 Å². The molecule has 76 valence electrons. The van der Waals surface area contributed by atoms with E-state index in [1.807, 2.05) is 0 Å². The van der Waals surface area contributed by atoms with Gasteiger partial charge in [-0.3, -0.25) is 0 Å². The highest BCUT2D eigenvalue weighted by atomic mass is 16.5. The van der Waals surface area contributed by atoms with Gasteiger partial charge in [-0.05, 0) is 30.9 Å². The smallest absolute Gasteiger partial charge is 0.0723 e. The molecule has 0 unspecified atom stereocenters. The lowest BCUT2D eigenvalue weighted by molar-refractivity contribution is 0.0454. The predicted octanol–water partition coefficient (Wildman–Crippen LogP) is 3.45. The average molecular weight is 190 g/mol. The molecule has 0 radical (unpaired) electrons. The van der Waals surface area contributed by atoms with Crippen LogP contribution in [0.1, 0.15) is 36.8 Å². The minimum absolute atomic E-state index is 0.523. The van der Waals surface area contributed by atoms with Gasteiger partial charge >= 0.3 is 0 Å². The summed E-state index contributed by atoms with van der Waals surface area (Å²) < 4.78 is 5.87. The summed E-state index contributed by atoms with van der Waals surface area (Å²) in [5, 5.41) is 0. The summed E-state index contributed by atoms with van der Waals surface area (Å²) in [4.78, 5) is 0. The van der Waals surface area contributed by atoms with Crippen molar-refractivity contribution in [2.75, 3.05) is 0 Å². The van der Waals surface area contributed by atoms with E-state index in [-0.39, 0.29) is 0 Å². The second kappa shape index (κ2) is 4.61. The topological polar surface area (TPSA) is 9.23 Å². The van der Waals surface area contributed by atoms with Crippen molar-refractivity contribution >= 4 is 0 Å². The van der Waals surface area contributed by atoms with Gasteiger partial charge in [0.05, 0.1) is 12.7 Å². The van der Waals surface area contributed by atoms with E-state index in [1.54, 1.807) is 0 Å². The maximum absolute atomic E-state index is 5.87. The SMILES string of the molecule is Cc1ccccc1COC1CCCC1. The van der Waals surface area contributed by atoms with Crippen molar-refractivity contribution in [3.63, 3.8) is 0 Å². The molecule has 14 heavy (non-hydrogen) atoms. The first-order valence-corrected chi connectivity index (χ1v) is 5.52. The van der Waals surface area contributed by atoms with Gasteiger partial charge in [0.2, 0.25) is 0 Å². The number of hydrogen-bond donors (Lipinski definition) is 0. The summed E-state index contributed by atoms with van der Waals surface area (Å²) in [6.45, 7) is 2.94. The van der Waals surface area contributed by atoms with E-state index in [0.29, 0.717) is 6.10 Å². The zero-order chi connectivity index (χ0) is 9.80. The van der Waals surface area contributed by atoms with E-state index in [0.717, 1.165) is 6.61 Å². The molecule has 1 fully saturated rings. The summed E-state index contributed by atoms with van der Waals surface area (Å²) in [6.07, 6.45) is 5.73. The van der Waals surface area contributed by atoms with Gasteiger partial charge in [-0.15, -0.1) is 0 Å². The fraction of sp³-hybridized carbons (Fsp3) is 0.538. The fourth-order valence-electron chi connectivity index (χ4n) is 2.03. The molecule has 0 atom stereocenters. The summed E-state index contributed by atoms with van der Waals surface area (Å²) in [5.74, 6) is 0. The van der Waals surface area contributed by atoms with Crippen LogP contribution in [0.5, 0.6) is 0 Å². The van der Waals surface area contributed by atoms with Crippen LogP contribution in [0.25, 0.3) is 0 Å². The lowest BCUT2D eigenvalue weighted by atomic mass is 10.1. The Morgan fingerprint density at radius 3 is 2.64 bits per heavy atom. The molecule has 0 bridgehead atoms. The molecule has 0 aliphatic heterocycles. The molecular formula is C13H18O. The molecule has 0 aromatic heterocycles. The van der Waals surface area contributed by atoms with Crippen LogP contribution in [0.2, 0.25) is 0 Å². The van der Waals surface area contributed by atoms with Crippen molar-refractivity contribution < 1.29 is 4.74 Å². The van der Waals surface area contributed by atoms with Crippen molar-refractivity contribution in [2.45, 2.75) is 45.3 Å². The standard InChI is InChI=1S/C13H18O/c1-11-6-2-3-7-12(11)10-14-13-8-4-5-9-13/h2-3,6-7,13H,4-5,8-10H2,1H3. The van der Waals surface area contributed by atoms with Gasteiger partial charge in [0.25, 0.3) is 0 Å². The van der Waals surface area contributed by atoms with E-state index < -0.39 is 0 Å². The third-order valence-electron chi connectivity index (χ3n) is 3.04. The maximum Gasteiger partial charge on any atom is 0.0723 e. The Kier molecular flexibility index (Phi) is 3.20. The van der Waals surface area contributed by atoms with Crippen LogP contribution < -0.4 is 0 Å². The van der Waals surface area contributed by atoms with Crippen LogP contribution in [0, 0.1) is 6.92 Å². The first kappa shape index (κ1) is 9.72. The highest BCUT2D eigenvalue weighted by Gasteiger charge is 2.15. The van der Waals surface area contributed by atoms with Gasteiger partial charge in [0, 0.05) is 0 Å². The van der Waals surface area contributed by atoms with Gasteiger partial charge in [-0.2, -0.15) is 0 Å². The number of hydrogen-bond acceptors (Lipinski definition) is 1. The van der Waals surface area contributed by atoms with Gasteiger partial charge in [0.1, 0.15) is 0 Å². The minimum atomic E-state index is 0.523. The Morgan fingerprint density at radius 2 is 1.93 bits per heavy atom. The van der Waals surface area contributed by atoms with Crippen LogP contribution in [0.15, 0.2) is 24.3 Å². The van der Waals surface area contributed by atoms with Crippen molar-refractivity contribution in [3.05, 3.63) is 35.4 Å². The van der Waals surface area contributed by atoms with Gasteiger partial charge in [0.15, 0.2) is 0 Å². The van der Waals surface area contributed by atoms with Crippen molar-refractivity contribution in [1.82, 2.24) is 0 Å². The third-order valence-corrected chi connectivity index (χ3v) is 3.04. The van der Waals surface area contributed by atoms with Crippen LogP contribution in [-0.2, 0) is 11.3 Å². The van der Waals surface area contributed by atoms with Crippen molar-refractivity contribution in [1.29, 1.82) is 0 Å². The van der Waals surface area contributed by atoms with Crippen molar-refractivity contribution in [2.24, 2.45) is 0 Å². The highest BCUT2D eigenvalue weighted by molar-refractivity contribution is 5.24. The molecule has 1 aliphatic carbocycles. The minimum Gasteiger partial charge on any atom is -0.374 e. The molecule has 0 N–H and O–H groups in total. The monoisotopic (exact) mass is 190 g/mol. The molecule has 1 heteroatoms. The zero-order valence-corrected chi connectivity index (χ0v) is 8.83. The predicted molar refractivity (Wildman–Crippen MR) is 58.2 cm³/mol. The molecule has 2 rings (SSSR count).